The average molecular weight is 507 g/mol. The van der Waals surface area contributed by atoms with Crippen LogP contribution in [0.3, 0.4) is 0 Å². The number of carbonyl (C=O) groups excluding carboxylic acids is 1. The highest BCUT2D eigenvalue weighted by Gasteiger charge is 2.33. The van der Waals surface area contributed by atoms with E-state index < -0.39 is 12.0 Å². The van der Waals surface area contributed by atoms with Crippen LogP contribution in [0, 0.1) is 6.92 Å². The number of thiazole rings is 1. The van der Waals surface area contributed by atoms with Gasteiger partial charge in [-0.05, 0) is 81.7 Å². The molecule has 2 aromatic carbocycles. The summed E-state index contributed by atoms with van der Waals surface area (Å²) in [5.41, 5.74) is 3.35. The molecule has 0 bridgehead atoms. The standard InChI is InChI=1S/C28H30N2O5S/c1-7-34-21-11-8-19(9-12-21)25-24(27(32)35-16(2)3)18(5)29-28-30(25)26(31)23(36-28)15-20-10-13-22(33-6)14-17(20)4/h8-16,25H,7H2,1-6H3/b23-15+/t25-/m0/s1. The molecule has 0 amide bonds. The highest BCUT2D eigenvalue weighted by molar-refractivity contribution is 7.07. The molecule has 1 atom stereocenters. The van der Waals surface area contributed by atoms with Gasteiger partial charge in [-0.15, -0.1) is 0 Å². The topological polar surface area (TPSA) is 79.1 Å². The van der Waals surface area contributed by atoms with Crippen molar-refractivity contribution in [3.8, 4) is 11.5 Å². The molecular weight excluding hydrogens is 476 g/mol. The Hall–Kier alpha value is -3.65. The maximum Gasteiger partial charge on any atom is 0.338 e. The van der Waals surface area contributed by atoms with Gasteiger partial charge in [0.15, 0.2) is 4.80 Å². The number of esters is 1. The van der Waals surface area contributed by atoms with Gasteiger partial charge in [-0.2, -0.15) is 0 Å². The molecule has 7 nitrogen and oxygen atoms in total. The Morgan fingerprint density at radius 1 is 1.14 bits per heavy atom. The SMILES string of the molecule is CCOc1ccc([C@H]2C(C(=O)OC(C)C)=C(C)N=c3s/c(=C/c4ccc(OC)cc4C)c(=O)n32)cc1. The number of carbonyl (C=O) groups is 1. The first kappa shape index (κ1) is 25.4. The molecular formula is C28H30N2O5S. The van der Waals surface area contributed by atoms with E-state index in [4.69, 9.17) is 14.2 Å². The minimum Gasteiger partial charge on any atom is -0.497 e. The van der Waals surface area contributed by atoms with Gasteiger partial charge in [0.2, 0.25) is 0 Å². The number of hydrogen-bond acceptors (Lipinski definition) is 7. The Labute approximate surface area is 214 Å². The molecule has 0 spiro atoms. The summed E-state index contributed by atoms with van der Waals surface area (Å²) < 4.78 is 18.6. The van der Waals surface area contributed by atoms with Crippen molar-refractivity contribution in [1.29, 1.82) is 0 Å². The van der Waals surface area contributed by atoms with Crippen molar-refractivity contribution in [1.82, 2.24) is 4.57 Å². The number of methoxy groups -OCH3 is 1. The molecule has 1 aliphatic rings. The van der Waals surface area contributed by atoms with Gasteiger partial charge in [-0.1, -0.05) is 29.5 Å². The molecule has 1 aromatic heterocycles. The minimum atomic E-state index is -0.665. The lowest BCUT2D eigenvalue weighted by Gasteiger charge is -2.25. The quantitative estimate of drug-likeness (QED) is 0.454. The molecule has 36 heavy (non-hydrogen) atoms. The number of rotatable bonds is 7. The normalized spacial score (nSPS) is 15.5. The predicted octanol–water partition coefficient (Wildman–Crippen LogP) is 3.90. The maximum absolute atomic E-state index is 13.8. The first-order chi connectivity index (χ1) is 17.2. The van der Waals surface area contributed by atoms with Crippen molar-refractivity contribution in [3.05, 3.63) is 90.1 Å². The van der Waals surface area contributed by atoms with E-state index in [0.29, 0.717) is 27.2 Å². The van der Waals surface area contributed by atoms with E-state index in [2.05, 4.69) is 4.99 Å². The van der Waals surface area contributed by atoms with E-state index in [-0.39, 0.29) is 11.7 Å². The molecule has 2 heterocycles. The van der Waals surface area contributed by atoms with Crippen molar-refractivity contribution in [2.24, 2.45) is 4.99 Å². The van der Waals surface area contributed by atoms with Gasteiger partial charge in [0.05, 0.1) is 41.7 Å². The predicted molar refractivity (Wildman–Crippen MR) is 140 cm³/mol. The van der Waals surface area contributed by atoms with Crippen LogP contribution in [0.25, 0.3) is 6.08 Å². The summed E-state index contributed by atoms with van der Waals surface area (Å²) in [5, 5.41) is 0. The Morgan fingerprint density at radius 2 is 1.83 bits per heavy atom. The van der Waals surface area contributed by atoms with Crippen molar-refractivity contribution < 1.29 is 19.0 Å². The first-order valence-corrected chi connectivity index (χ1v) is 12.7. The van der Waals surface area contributed by atoms with Gasteiger partial charge in [-0.25, -0.2) is 9.79 Å². The third kappa shape index (κ3) is 4.99. The zero-order valence-electron chi connectivity index (χ0n) is 21.3. The second-order valence-corrected chi connectivity index (χ2v) is 9.77. The average Bonchev–Trinajstić information content (AvgIpc) is 3.14. The Bertz CT molecular complexity index is 1500. The molecule has 0 saturated heterocycles. The molecule has 0 saturated carbocycles. The van der Waals surface area contributed by atoms with Crippen LogP contribution >= 0.6 is 11.3 Å². The number of aromatic nitrogens is 1. The zero-order valence-corrected chi connectivity index (χ0v) is 22.1. The van der Waals surface area contributed by atoms with E-state index in [0.717, 1.165) is 28.2 Å². The fourth-order valence-corrected chi connectivity index (χ4v) is 5.20. The Balaban J connectivity index is 1.90. The minimum absolute atomic E-state index is 0.213. The third-order valence-corrected chi connectivity index (χ3v) is 6.84. The Morgan fingerprint density at radius 3 is 2.44 bits per heavy atom. The van der Waals surface area contributed by atoms with Crippen LogP contribution in [0.5, 0.6) is 11.5 Å². The number of hydrogen-bond donors (Lipinski definition) is 0. The summed E-state index contributed by atoms with van der Waals surface area (Å²) in [6.07, 6.45) is 1.56. The van der Waals surface area contributed by atoms with Crippen molar-refractivity contribution >= 4 is 23.4 Å². The van der Waals surface area contributed by atoms with Crippen molar-refractivity contribution in [2.45, 2.75) is 46.8 Å². The van der Waals surface area contributed by atoms with Crippen LogP contribution in [0.15, 0.2) is 63.5 Å². The number of benzene rings is 2. The largest absolute Gasteiger partial charge is 0.497 e. The van der Waals surface area contributed by atoms with Crippen LogP contribution in [0.1, 0.15) is 50.4 Å². The van der Waals surface area contributed by atoms with Gasteiger partial charge in [0.25, 0.3) is 5.56 Å². The zero-order chi connectivity index (χ0) is 26.0. The summed E-state index contributed by atoms with van der Waals surface area (Å²) in [6, 6.07) is 12.5. The van der Waals surface area contributed by atoms with Crippen molar-refractivity contribution in [2.75, 3.05) is 13.7 Å². The highest BCUT2D eigenvalue weighted by atomic mass is 32.1. The number of fused-ring (bicyclic) bond motifs is 1. The second-order valence-electron chi connectivity index (χ2n) is 8.76. The van der Waals surface area contributed by atoms with Gasteiger partial charge in [-0.3, -0.25) is 9.36 Å². The molecule has 188 valence electrons. The number of nitrogens with zero attached hydrogens (tertiary/aromatic N) is 2. The second kappa shape index (κ2) is 10.5. The molecule has 0 aliphatic carbocycles. The van der Waals surface area contributed by atoms with Crippen LogP contribution < -0.4 is 24.4 Å². The van der Waals surface area contributed by atoms with Crippen LogP contribution in [-0.4, -0.2) is 30.4 Å². The van der Waals surface area contributed by atoms with Crippen LogP contribution in [-0.2, 0) is 9.53 Å². The van der Waals surface area contributed by atoms with E-state index in [9.17, 15) is 9.59 Å². The molecule has 3 aromatic rings. The van der Waals surface area contributed by atoms with E-state index in [1.807, 2.05) is 62.4 Å². The third-order valence-electron chi connectivity index (χ3n) is 5.85. The molecule has 1 aliphatic heterocycles. The molecule has 8 heteroatoms. The molecule has 0 fully saturated rings. The smallest absolute Gasteiger partial charge is 0.338 e. The number of aryl methyl sites for hydroxylation is 1. The molecule has 4 rings (SSSR count). The van der Waals surface area contributed by atoms with Crippen molar-refractivity contribution in [3.63, 3.8) is 0 Å². The fourth-order valence-electron chi connectivity index (χ4n) is 4.17. The lowest BCUT2D eigenvalue weighted by atomic mass is 9.96. The Kier molecular flexibility index (Phi) is 7.45. The maximum atomic E-state index is 13.8. The summed E-state index contributed by atoms with van der Waals surface area (Å²) >= 11 is 1.30. The van der Waals surface area contributed by atoms with Crippen LogP contribution in [0.4, 0.5) is 0 Å². The molecule has 0 unspecified atom stereocenters. The van der Waals surface area contributed by atoms with E-state index in [1.54, 1.807) is 32.4 Å². The van der Waals surface area contributed by atoms with E-state index in [1.165, 1.54) is 11.3 Å². The highest BCUT2D eigenvalue weighted by Crippen LogP contribution is 2.32. The van der Waals surface area contributed by atoms with Gasteiger partial charge in [0.1, 0.15) is 11.5 Å². The molecule has 0 radical (unpaired) electrons. The fraction of sp³-hybridized carbons (Fsp3) is 0.321. The van der Waals surface area contributed by atoms with Crippen LogP contribution in [0.2, 0.25) is 0 Å². The van der Waals surface area contributed by atoms with Gasteiger partial charge in [0, 0.05) is 0 Å². The lowest BCUT2D eigenvalue weighted by Crippen LogP contribution is -2.40. The summed E-state index contributed by atoms with van der Waals surface area (Å²) in [5.74, 6) is 0.992. The first-order valence-electron chi connectivity index (χ1n) is 11.8. The summed E-state index contributed by atoms with van der Waals surface area (Å²) in [7, 11) is 1.62. The van der Waals surface area contributed by atoms with Gasteiger partial charge >= 0.3 is 5.97 Å². The lowest BCUT2D eigenvalue weighted by molar-refractivity contribution is -0.143. The number of ether oxygens (including phenoxy) is 3. The van der Waals surface area contributed by atoms with E-state index >= 15 is 0 Å². The number of allylic oxidation sites excluding steroid dienone is 1. The van der Waals surface area contributed by atoms with Gasteiger partial charge < -0.3 is 14.2 Å². The molecule has 0 N–H and O–H groups in total. The monoisotopic (exact) mass is 506 g/mol. The summed E-state index contributed by atoms with van der Waals surface area (Å²) in [4.78, 5) is 32.1. The summed E-state index contributed by atoms with van der Waals surface area (Å²) in [6.45, 7) is 9.81.